The number of hydrogen-bond acceptors (Lipinski definition) is 2. The standard InChI is InChI=1S/C12H22ClN3/c1-11(10-13)4-3-5-14-6-8-16-9-7-15-12(16)2/h7,9,11,14H,3-6,8,10H2,1-2H3. The first-order valence-corrected chi connectivity index (χ1v) is 6.52. The van der Waals surface area contributed by atoms with Gasteiger partial charge in [0, 0.05) is 31.4 Å². The van der Waals surface area contributed by atoms with Crippen molar-refractivity contribution in [2.24, 2.45) is 5.92 Å². The van der Waals surface area contributed by atoms with Gasteiger partial charge in [-0.2, -0.15) is 0 Å². The van der Waals surface area contributed by atoms with E-state index in [0.29, 0.717) is 5.92 Å². The maximum Gasteiger partial charge on any atom is 0.105 e. The molecule has 1 heterocycles. The van der Waals surface area contributed by atoms with Crippen LogP contribution in [-0.4, -0.2) is 28.5 Å². The van der Waals surface area contributed by atoms with Crippen LogP contribution in [0, 0.1) is 12.8 Å². The zero-order chi connectivity index (χ0) is 11.8. The van der Waals surface area contributed by atoms with Gasteiger partial charge >= 0.3 is 0 Å². The van der Waals surface area contributed by atoms with Crippen LogP contribution in [0.5, 0.6) is 0 Å². The van der Waals surface area contributed by atoms with Crippen LogP contribution in [-0.2, 0) is 6.54 Å². The fourth-order valence-electron chi connectivity index (χ4n) is 1.62. The summed E-state index contributed by atoms with van der Waals surface area (Å²) in [7, 11) is 0. The molecule has 0 aliphatic carbocycles. The molecule has 16 heavy (non-hydrogen) atoms. The maximum atomic E-state index is 5.75. The fourth-order valence-corrected chi connectivity index (χ4v) is 1.77. The molecule has 0 aromatic carbocycles. The van der Waals surface area contributed by atoms with Crippen LogP contribution >= 0.6 is 11.6 Å². The van der Waals surface area contributed by atoms with Crippen LogP contribution in [0.4, 0.5) is 0 Å². The highest BCUT2D eigenvalue weighted by Gasteiger charge is 1.99. The topological polar surface area (TPSA) is 29.9 Å². The Bertz CT molecular complexity index is 286. The third kappa shape index (κ3) is 4.99. The van der Waals surface area contributed by atoms with Gasteiger partial charge in [-0.3, -0.25) is 0 Å². The van der Waals surface area contributed by atoms with Crippen molar-refractivity contribution in [3.8, 4) is 0 Å². The lowest BCUT2D eigenvalue weighted by Gasteiger charge is -2.09. The average Bonchev–Trinajstić information content (AvgIpc) is 2.69. The Balaban J connectivity index is 1.98. The number of nitrogens with one attached hydrogen (secondary N) is 1. The number of halogens is 1. The zero-order valence-corrected chi connectivity index (χ0v) is 11.0. The van der Waals surface area contributed by atoms with Gasteiger partial charge in [-0.15, -0.1) is 11.6 Å². The Morgan fingerprint density at radius 2 is 2.31 bits per heavy atom. The van der Waals surface area contributed by atoms with Crippen LogP contribution in [0.2, 0.25) is 0 Å². The normalized spacial score (nSPS) is 12.9. The van der Waals surface area contributed by atoms with Crippen LogP contribution < -0.4 is 5.32 Å². The molecule has 3 nitrogen and oxygen atoms in total. The molecule has 0 spiro atoms. The first-order chi connectivity index (χ1) is 7.74. The second-order valence-corrected chi connectivity index (χ2v) is 4.63. The third-order valence-electron chi connectivity index (χ3n) is 2.77. The van der Waals surface area contributed by atoms with Crippen LogP contribution in [0.3, 0.4) is 0 Å². The molecule has 0 aliphatic heterocycles. The van der Waals surface area contributed by atoms with Gasteiger partial charge in [0.05, 0.1) is 0 Å². The Kier molecular flexibility index (Phi) is 6.50. The molecule has 1 atom stereocenters. The molecule has 92 valence electrons. The number of imidazole rings is 1. The van der Waals surface area contributed by atoms with Gasteiger partial charge in [0.25, 0.3) is 0 Å². The SMILES string of the molecule is Cc1nccn1CCNCCCC(C)CCl. The molecule has 0 amide bonds. The van der Waals surface area contributed by atoms with E-state index in [0.717, 1.165) is 31.3 Å². The number of aromatic nitrogens is 2. The van der Waals surface area contributed by atoms with Gasteiger partial charge in [0.2, 0.25) is 0 Å². The number of nitrogens with zero attached hydrogens (tertiary/aromatic N) is 2. The predicted molar refractivity (Wildman–Crippen MR) is 69.0 cm³/mol. The lowest BCUT2D eigenvalue weighted by molar-refractivity contribution is 0.516. The Morgan fingerprint density at radius 1 is 1.50 bits per heavy atom. The Labute approximate surface area is 103 Å². The third-order valence-corrected chi connectivity index (χ3v) is 3.29. The molecule has 0 fully saturated rings. The molecule has 0 radical (unpaired) electrons. The van der Waals surface area contributed by atoms with Crippen molar-refractivity contribution in [2.45, 2.75) is 33.2 Å². The molecular weight excluding hydrogens is 222 g/mol. The second-order valence-electron chi connectivity index (χ2n) is 4.32. The number of rotatable bonds is 8. The highest BCUT2D eigenvalue weighted by atomic mass is 35.5. The van der Waals surface area contributed by atoms with Crippen molar-refractivity contribution in [3.63, 3.8) is 0 Å². The van der Waals surface area contributed by atoms with E-state index < -0.39 is 0 Å². The van der Waals surface area contributed by atoms with Crippen LogP contribution in [0.15, 0.2) is 12.4 Å². The van der Waals surface area contributed by atoms with Gasteiger partial charge in [0.15, 0.2) is 0 Å². The van der Waals surface area contributed by atoms with Gasteiger partial charge < -0.3 is 9.88 Å². The summed E-state index contributed by atoms with van der Waals surface area (Å²) < 4.78 is 2.16. The summed E-state index contributed by atoms with van der Waals surface area (Å²) in [5, 5.41) is 3.44. The van der Waals surface area contributed by atoms with Crippen LogP contribution in [0.1, 0.15) is 25.6 Å². The number of aryl methyl sites for hydroxylation is 1. The maximum absolute atomic E-state index is 5.75. The first kappa shape index (κ1) is 13.5. The highest BCUT2D eigenvalue weighted by Crippen LogP contribution is 2.05. The molecule has 1 aromatic heterocycles. The first-order valence-electron chi connectivity index (χ1n) is 5.98. The smallest absolute Gasteiger partial charge is 0.105 e. The molecule has 1 unspecified atom stereocenters. The van der Waals surface area contributed by atoms with Gasteiger partial charge in [0.1, 0.15) is 5.82 Å². The van der Waals surface area contributed by atoms with Gasteiger partial charge in [-0.05, 0) is 32.2 Å². The van der Waals surface area contributed by atoms with E-state index in [1.165, 1.54) is 12.8 Å². The van der Waals surface area contributed by atoms with E-state index in [9.17, 15) is 0 Å². The van der Waals surface area contributed by atoms with Gasteiger partial charge in [-0.1, -0.05) is 6.92 Å². The zero-order valence-electron chi connectivity index (χ0n) is 10.2. The minimum Gasteiger partial charge on any atom is -0.334 e. The summed E-state index contributed by atoms with van der Waals surface area (Å²) >= 11 is 5.75. The molecular formula is C12H22ClN3. The minimum atomic E-state index is 0.638. The van der Waals surface area contributed by atoms with E-state index >= 15 is 0 Å². The largest absolute Gasteiger partial charge is 0.334 e. The minimum absolute atomic E-state index is 0.638. The Hall–Kier alpha value is -0.540. The monoisotopic (exact) mass is 243 g/mol. The van der Waals surface area contributed by atoms with Crippen molar-refractivity contribution in [1.29, 1.82) is 0 Å². The summed E-state index contributed by atoms with van der Waals surface area (Å²) in [6.07, 6.45) is 6.28. The number of alkyl halides is 1. The molecule has 0 aliphatic rings. The number of hydrogen-bond donors (Lipinski definition) is 1. The van der Waals surface area contributed by atoms with E-state index in [2.05, 4.69) is 21.8 Å². The molecule has 1 rings (SSSR count). The van der Waals surface area contributed by atoms with Crippen molar-refractivity contribution in [1.82, 2.24) is 14.9 Å². The highest BCUT2D eigenvalue weighted by molar-refractivity contribution is 6.18. The van der Waals surface area contributed by atoms with E-state index in [4.69, 9.17) is 11.6 Å². The van der Waals surface area contributed by atoms with Crippen molar-refractivity contribution in [2.75, 3.05) is 19.0 Å². The van der Waals surface area contributed by atoms with Gasteiger partial charge in [-0.25, -0.2) is 4.98 Å². The molecule has 1 aromatic rings. The quantitative estimate of drug-likeness (QED) is 0.562. The molecule has 0 saturated carbocycles. The lowest BCUT2D eigenvalue weighted by Crippen LogP contribution is -2.21. The van der Waals surface area contributed by atoms with Crippen LogP contribution in [0.25, 0.3) is 0 Å². The molecule has 1 N–H and O–H groups in total. The van der Waals surface area contributed by atoms with E-state index in [1.807, 2.05) is 19.3 Å². The summed E-state index contributed by atoms with van der Waals surface area (Å²) in [6, 6.07) is 0. The van der Waals surface area contributed by atoms with E-state index in [1.54, 1.807) is 0 Å². The predicted octanol–water partition coefficient (Wildman–Crippen LogP) is 2.44. The summed E-state index contributed by atoms with van der Waals surface area (Å²) in [6.45, 7) is 7.31. The summed E-state index contributed by atoms with van der Waals surface area (Å²) in [5.41, 5.74) is 0. The van der Waals surface area contributed by atoms with Crippen molar-refractivity contribution >= 4 is 11.6 Å². The summed E-state index contributed by atoms with van der Waals surface area (Å²) in [5.74, 6) is 2.49. The molecule has 4 heteroatoms. The average molecular weight is 244 g/mol. The fraction of sp³-hybridized carbons (Fsp3) is 0.750. The van der Waals surface area contributed by atoms with Crippen molar-refractivity contribution in [3.05, 3.63) is 18.2 Å². The second kappa shape index (κ2) is 7.69. The molecule has 0 saturated heterocycles. The lowest BCUT2D eigenvalue weighted by atomic mass is 10.1. The molecule has 0 bridgehead atoms. The summed E-state index contributed by atoms with van der Waals surface area (Å²) in [4.78, 5) is 4.19. The van der Waals surface area contributed by atoms with Crippen molar-refractivity contribution < 1.29 is 0 Å². The van der Waals surface area contributed by atoms with E-state index in [-0.39, 0.29) is 0 Å². The Morgan fingerprint density at radius 3 is 2.94 bits per heavy atom.